The summed E-state index contributed by atoms with van der Waals surface area (Å²) < 4.78 is 28.3. The molecule has 0 aliphatic rings. The lowest BCUT2D eigenvalue weighted by atomic mass is 10.1. The number of nitrogens with two attached hydrogens (primary N) is 1. The maximum absolute atomic E-state index is 12.1. The van der Waals surface area contributed by atoms with Gasteiger partial charge in [-0.1, -0.05) is 6.07 Å². The number of aromatic nitrogens is 2. The fourth-order valence-corrected chi connectivity index (χ4v) is 2.81. The Morgan fingerprint density at radius 3 is 2.53 bits per heavy atom. The van der Waals surface area contributed by atoms with Crippen LogP contribution in [-0.2, 0) is 17.1 Å². The summed E-state index contributed by atoms with van der Waals surface area (Å²) in [4.78, 5) is 3.83. The minimum Gasteiger partial charge on any atom is -0.398 e. The van der Waals surface area contributed by atoms with Gasteiger partial charge in [0.1, 0.15) is 0 Å². The van der Waals surface area contributed by atoms with Crippen molar-refractivity contribution in [1.29, 1.82) is 0 Å². The molecule has 0 atom stereocenters. The van der Waals surface area contributed by atoms with Crippen LogP contribution < -0.4 is 10.5 Å². The predicted molar refractivity (Wildman–Crippen MR) is 74.3 cm³/mol. The van der Waals surface area contributed by atoms with Crippen molar-refractivity contribution < 1.29 is 8.42 Å². The average Bonchev–Trinajstić information content (AvgIpc) is 2.73. The van der Waals surface area contributed by atoms with Crippen LogP contribution in [0.25, 0.3) is 0 Å². The molecule has 1 aromatic heterocycles. The van der Waals surface area contributed by atoms with Gasteiger partial charge in [-0.25, -0.2) is 4.98 Å². The number of rotatable bonds is 3. The predicted octanol–water partition coefficient (Wildman–Crippen LogP) is 1.42. The lowest BCUT2D eigenvalue weighted by molar-refractivity contribution is 0.598. The number of aryl methyl sites for hydroxylation is 3. The molecule has 3 N–H and O–H groups in total. The Bertz CT molecular complexity index is 719. The summed E-state index contributed by atoms with van der Waals surface area (Å²) in [7, 11) is -1.97. The van der Waals surface area contributed by atoms with Gasteiger partial charge in [0.2, 0.25) is 0 Å². The highest BCUT2D eigenvalue weighted by molar-refractivity contribution is 7.92. The quantitative estimate of drug-likeness (QED) is 0.832. The molecule has 19 heavy (non-hydrogen) atoms. The topological polar surface area (TPSA) is 90.0 Å². The Labute approximate surface area is 112 Å². The Kier molecular flexibility index (Phi) is 3.23. The van der Waals surface area contributed by atoms with Crippen molar-refractivity contribution in [3.8, 4) is 0 Å². The lowest BCUT2D eigenvalue weighted by Crippen LogP contribution is -2.14. The number of hydrogen-bond donors (Lipinski definition) is 2. The molecule has 1 heterocycles. The van der Waals surface area contributed by atoms with Crippen LogP contribution in [0.5, 0.6) is 0 Å². The molecule has 0 bridgehead atoms. The molecule has 7 heteroatoms. The van der Waals surface area contributed by atoms with Crippen LogP contribution in [0.15, 0.2) is 29.7 Å². The van der Waals surface area contributed by atoms with Gasteiger partial charge >= 0.3 is 0 Å². The van der Waals surface area contributed by atoms with Gasteiger partial charge in [0.15, 0.2) is 5.03 Å². The summed E-state index contributed by atoms with van der Waals surface area (Å²) in [6.45, 7) is 3.70. The van der Waals surface area contributed by atoms with Crippen LogP contribution in [-0.4, -0.2) is 18.0 Å². The largest absolute Gasteiger partial charge is 0.398 e. The van der Waals surface area contributed by atoms with Crippen molar-refractivity contribution >= 4 is 21.4 Å². The van der Waals surface area contributed by atoms with Crippen LogP contribution in [0.4, 0.5) is 11.4 Å². The van der Waals surface area contributed by atoms with E-state index in [1.54, 1.807) is 17.7 Å². The first kappa shape index (κ1) is 13.4. The third-order valence-electron chi connectivity index (χ3n) is 2.81. The standard InChI is InChI=1S/C12H16N4O2S/c1-8-4-9(2)11(5-10(8)13)15-19(17,18)12-6-16(3)7-14-12/h4-7,15H,13H2,1-3H3. The van der Waals surface area contributed by atoms with Gasteiger partial charge < -0.3 is 10.3 Å². The zero-order chi connectivity index (χ0) is 14.2. The minimum absolute atomic E-state index is 0.0199. The van der Waals surface area contributed by atoms with E-state index in [9.17, 15) is 8.42 Å². The number of nitrogen functional groups attached to an aromatic ring is 1. The van der Waals surface area contributed by atoms with Crippen LogP contribution >= 0.6 is 0 Å². The Hall–Kier alpha value is -2.02. The number of anilines is 2. The van der Waals surface area contributed by atoms with Crippen LogP contribution in [0, 0.1) is 13.8 Å². The minimum atomic E-state index is -3.68. The highest BCUT2D eigenvalue weighted by Gasteiger charge is 2.18. The molecule has 0 saturated heterocycles. The lowest BCUT2D eigenvalue weighted by Gasteiger charge is -2.11. The molecule has 0 aliphatic heterocycles. The van der Waals surface area contributed by atoms with Crippen LogP contribution in [0.1, 0.15) is 11.1 Å². The van der Waals surface area contributed by atoms with Gasteiger partial charge in [-0.05, 0) is 31.0 Å². The number of hydrogen-bond acceptors (Lipinski definition) is 4. The van der Waals surface area contributed by atoms with Crippen molar-refractivity contribution in [2.45, 2.75) is 18.9 Å². The zero-order valence-electron chi connectivity index (χ0n) is 11.0. The van der Waals surface area contributed by atoms with Gasteiger partial charge in [0.05, 0.1) is 12.0 Å². The third-order valence-corrected chi connectivity index (χ3v) is 4.06. The van der Waals surface area contributed by atoms with E-state index in [2.05, 4.69) is 9.71 Å². The highest BCUT2D eigenvalue weighted by atomic mass is 32.2. The SMILES string of the molecule is Cc1cc(C)c(NS(=O)(=O)c2cn(C)cn2)cc1N. The van der Waals surface area contributed by atoms with Gasteiger partial charge in [-0.3, -0.25) is 4.72 Å². The second-order valence-corrected chi connectivity index (χ2v) is 6.14. The molecule has 102 valence electrons. The number of benzene rings is 1. The number of nitrogens with one attached hydrogen (secondary N) is 1. The molecular formula is C12H16N4O2S. The van der Waals surface area contributed by atoms with E-state index >= 15 is 0 Å². The second-order valence-electron chi connectivity index (χ2n) is 4.51. The normalized spacial score (nSPS) is 11.5. The van der Waals surface area contributed by atoms with Crippen molar-refractivity contribution in [3.05, 3.63) is 35.8 Å². The average molecular weight is 280 g/mol. The summed E-state index contributed by atoms with van der Waals surface area (Å²) in [6.07, 6.45) is 2.88. The highest BCUT2D eigenvalue weighted by Crippen LogP contribution is 2.24. The molecule has 6 nitrogen and oxygen atoms in total. The second kappa shape index (κ2) is 4.58. The molecule has 0 unspecified atom stereocenters. The zero-order valence-corrected chi connectivity index (χ0v) is 11.8. The molecule has 1 aromatic carbocycles. The van der Waals surface area contributed by atoms with E-state index in [-0.39, 0.29) is 5.03 Å². The molecule has 0 amide bonds. The van der Waals surface area contributed by atoms with Crippen LogP contribution in [0.2, 0.25) is 0 Å². The van der Waals surface area contributed by atoms with Crippen molar-refractivity contribution in [1.82, 2.24) is 9.55 Å². The summed E-state index contributed by atoms with van der Waals surface area (Å²) in [5.41, 5.74) is 8.54. The molecule has 0 radical (unpaired) electrons. The molecule has 2 rings (SSSR count). The first-order chi connectivity index (χ1) is 8.79. The van der Waals surface area contributed by atoms with E-state index in [4.69, 9.17) is 5.73 Å². The smallest absolute Gasteiger partial charge is 0.280 e. The summed E-state index contributed by atoms with van der Waals surface area (Å²) in [6, 6.07) is 3.46. The maximum atomic E-state index is 12.1. The molecule has 0 spiro atoms. The van der Waals surface area contributed by atoms with Crippen LogP contribution in [0.3, 0.4) is 0 Å². The fourth-order valence-electron chi connectivity index (χ4n) is 1.70. The fraction of sp³-hybridized carbons (Fsp3) is 0.250. The Morgan fingerprint density at radius 1 is 1.26 bits per heavy atom. The number of nitrogens with zero attached hydrogens (tertiary/aromatic N) is 2. The Morgan fingerprint density at radius 2 is 1.95 bits per heavy atom. The molecular weight excluding hydrogens is 264 g/mol. The maximum Gasteiger partial charge on any atom is 0.280 e. The summed E-state index contributed by atoms with van der Waals surface area (Å²) in [5, 5.41) is -0.0199. The Balaban J connectivity index is 2.38. The number of sulfonamides is 1. The molecule has 2 aromatic rings. The first-order valence-electron chi connectivity index (χ1n) is 5.67. The van der Waals surface area contributed by atoms with E-state index in [1.165, 1.54) is 12.5 Å². The molecule has 0 aliphatic carbocycles. The van der Waals surface area contributed by atoms with E-state index < -0.39 is 10.0 Å². The first-order valence-corrected chi connectivity index (χ1v) is 7.15. The molecule has 0 saturated carbocycles. The van der Waals surface area contributed by atoms with E-state index in [0.717, 1.165) is 11.1 Å². The summed E-state index contributed by atoms with van der Waals surface area (Å²) in [5.74, 6) is 0. The van der Waals surface area contributed by atoms with Gasteiger partial charge in [0, 0.05) is 18.9 Å². The van der Waals surface area contributed by atoms with E-state index in [1.807, 2.05) is 19.9 Å². The third kappa shape index (κ3) is 2.70. The van der Waals surface area contributed by atoms with Crippen molar-refractivity contribution in [2.75, 3.05) is 10.5 Å². The van der Waals surface area contributed by atoms with Gasteiger partial charge in [0.25, 0.3) is 10.0 Å². The number of imidazole rings is 1. The monoisotopic (exact) mass is 280 g/mol. The van der Waals surface area contributed by atoms with Gasteiger partial charge in [-0.15, -0.1) is 0 Å². The van der Waals surface area contributed by atoms with Crippen molar-refractivity contribution in [2.24, 2.45) is 7.05 Å². The molecule has 0 fully saturated rings. The van der Waals surface area contributed by atoms with Gasteiger partial charge in [-0.2, -0.15) is 8.42 Å². The van der Waals surface area contributed by atoms with E-state index in [0.29, 0.717) is 11.4 Å². The van der Waals surface area contributed by atoms with Crippen molar-refractivity contribution in [3.63, 3.8) is 0 Å². The summed E-state index contributed by atoms with van der Waals surface area (Å²) >= 11 is 0.